The fourth-order valence-corrected chi connectivity index (χ4v) is 0.741. The summed E-state index contributed by atoms with van der Waals surface area (Å²) >= 11 is 0. The first-order chi connectivity index (χ1) is 4.22. The van der Waals surface area contributed by atoms with Crippen LogP contribution >= 0.6 is 0 Å². The lowest BCUT2D eigenvalue weighted by Gasteiger charge is -2.20. The van der Waals surface area contributed by atoms with Gasteiger partial charge in [0.2, 0.25) is 0 Å². The van der Waals surface area contributed by atoms with E-state index in [0.29, 0.717) is 13.1 Å². The number of halogens is 1. The first-order valence-electron chi connectivity index (χ1n) is 3.05. The Morgan fingerprint density at radius 1 is 1.78 bits per heavy atom. The molecule has 0 bridgehead atoms. The van der Waals surface area contributed by atoms with Crippen molar-refractivity contribution in [2.75, 3.05) is 13.1 Å². The number of hydrogen-bond acceptors (Lipinski definition) is 2. The van der Waals surface area contributed by atoms with Gasteiger partial charge in [-0.3, -0.25) is 0 Å². The van der Waals surface area contributed by atoms with Gasteiger partial charge in [-0.1, -0.05) is 0 Å². The lowest BCUT2D eigenvalue weighted by Crippen LogP contribution is -2.36. The Hall–Kier alpha value is -0.410. The van der Waals surface area contributed by atoms with Crippen LogP contribution in [0, 0.1) is 0 Å². The van der Waals surface area contributed by atoms with Gasteiger partial charge < -0.3 is 11.1 Å². The highest BCUT2D eigenvalue weighted by Gasteiger charge is 2.15. The van der Waals surface area contributed by atoms with Gasteiger partial charge in [-0.15, -0.1) is 0 Å². The van der Waals surface area contributed by atoms with E-state index in [1.165, 1.54) is 0 Å². The van der Waals surface area contributed by atoms with Crippen molar-refractivity contribution in [1.29, 1.82) is 0 Å². The fourth-order valence-electron chi connectivity index (χ4n) is 0.741. The van der Waals surface area contributed by atoms with E-state index in [2.05, 4.69) is 5.32 Å². The number of hydrogen-bond donors (Lipinski definition) is 2. The quantitative estimate of drug-likeness (QED) is 0.530. The minimum absolute atomic E-state index is 0.145. The molecule has 0 amide bonds. The topological polar surface area (TPSA) is 38.0 Å². The number of rotatable bonds is 1. The molecule has 3 heteroatoms. The van der Waals surface area contributed by atoms with Crippen LogP contribution in [0.4, 0.5) is 4.39 Å². The minimum Gasteiger partial charge on any atom is -0.322 e. The second-order valence-corrected chi connectivity index (χ2v) is 2.34. The van der Waals surface area contributed by atoms with Crippen LogP contribution in [0.5, 0.6) is 0 Å². The van der Waals surface area contributed by atoms with Gasteiger partial charge in [0.1, 0.15) is 5.83 Å². The van der Waals surface area contributed by atoms with Crippen LogP contribution < -0.4 is 11.1 Å². The monoisotopic (exact) mass is 130 g/mol. The molecule has 1 atom stereocenters. The second-order valence-electron chi connectivity index (χ2n) is 2.34. The SMILES string of the molecule is CC(N)C(F)=C1CNC1. The van der Waals surface area contributed by atoms with E-state index in [-0.39, 0.29) is 5.83 Å². The highest BCUT2D eigenvalue weighted by molar-refractivity contribution is 5.21. The Balaban J connectivity index is 2.56. The van der Waals surface area contributed by atoms with Crippen molar-refractivity contribution in [3.63, 3.8) is 0 Å². The predicted molar refractivity (Wildman–Crippen MR) is 34.7 cm³/mol. The van der Waals surface area contributed by atoms with Crippen molar-refractivity contribution in [1.82, 2.24) is 5.32 Å². The molecule has 0 spiro atoms. The van der Waals surface area contributed by atoms with Gasteiger partial charge in [0, 0.05) is 13.1 Å². The minimum atomic E-state index is -0.429. The highest BCUT2D eigenvalue weighted by atomic mass is 19.1. The molecule has 52 valence electrons. The van der Waals surface area contributed by atoms with Crippen molar-refractivity contribution in [3.05, 3.63) is 11.4 Å². The first kappa shape index (κ1) is 6.71. The highest BCUT2D eigenvalue weighted by Crippen LogP contribution is 2.12. The lowest BCUT2D eigenvalue weighted by atomic mass is 10.1. The largest absolute Gasteiger partial charge is 0.322 e. The molecule has 3 N–H and O–H groups in total. The van der Waals surface area contributed by atoms with Crippen LogP contribution in [0.3, 0.4) is 0 Å². The maximum absolute atomic E-state index is 12.7. The van der Waals surface area contributed by atoms with Crippen molar-refractivity contribution >= 4 is 0 Å². The van der Waals surface area contributed by atoms with E-state index in [4.69, 9.17) is 5.73 Å². The molecular weight excluding hydrogens is 119 g/mol. The fraction of sp³-hybridized carbons (Fsp3) is 0.667. The van der Waals surface area contributed by atoms with Crippen LogP contribution in [0.2, 0.25) is 0 Å². The molecule has 1 aliphatic rings. The summed E-state index contributed by atoms with van der Waals surface area (Å²) in [5.74, 6) is -0.145. The molecule has 1 unspecified atom stereocenters. The summed E-state index contributed by atoms with van der Waals surface area (Å²) in [6.07, 6.45) is 0. The van der Waals surface area contributed by atoms with Gasteiger partial charge >= 0.3 is 0 Å². The van der Waals surface area contributed by atoms with Crippen molar-refractivity contribution in [2.45, 2.75) is 13.0 Å². The summed E-state index contributed by atoms with van der Waals surface area (Å²) in [6.45, 7) is 3.00. The van der Waals surface area contributed by atoms with Crippen molar-refractivity contribution < 1.29 is 4.39 Å². The van der Waals surface area contributed by atoms with Crippen LogP contribution in [-0.4, -0.2) is 19.1 Å². The standard InChI is InChI=1S/C6H11FN2/c1-4(8)6(7)5-2-9-3-5/h4,9H,2-3,8H2,1H3. The molecule has 0 radical (unpaired) electrons. The van der Waals surface area contributed by atoms with Gasteiger partial charge in [-0.05, 0) is 12.5 Å². The van der Waals surface area contributed by atoms with E-state index >= 15 is 0 Å². The summed E-state index contributed by atoms with van der Waals surface area (Å²) in [7, 11) is 0. The van der Waals surface area contributed by atoms with Crippen LogP contribution in [-0.2, 0) is 0 Å². The summed E-state index contributed by atoms with van der Waals surface area (Å²) in [5, 5.41) is 2.94. The zero-order valence-corrected chi connectivity index (χ0v) is 5.45. The lowest BCUT2D eigenvalue weighted by molar-refractivity contribution is 0.510. The summed E-state index contributed by atoms with van der Waals surface area (Å²) in [6, 6.07) is -0.429. The van der Waals surface area contributed by atoms with Crippen LogP contribution in [0.1, 0.15) is 6.92 Å². The molecule has 1 saturated heterocycles. The van der Waals surface area contributed by atoms with Crippen LogP contribution in [0.15, 0.2) is 11.4 Å². The van der Waals surface area contributed by atoms with E-state index in [1.54, 1.807) is 6.92 Å². The first-order valence-corrected chi connectivity index (χ1v) is 3.05. The predicted octanol–water partition coefficient (Wildman–Crippen LogP) is 0.160. The number of nitrogens with two attached hydrogens (primary N) is 1. The average Bonchev–Trinajstić information content (AvgIpc) is 1.60. The molecule has 0 aromatic rings. The Labute approximate surface area is 53.9 Å². The Bertz CT molecular complexity index is 134. The van der Waals surface area contributed by atoms with Gasteiger partial charge in [0.05, 0.1) is 6.04 Å². The van der Waals surface area contributed by atoms with E-state index in [9.17, 15) is 4.39 Å². The smallest absolute Gasteiger partial charge is 0.118 e. The molecule has 0 aliphatic carbocycles. The third-order valence-corrected chi connectivity index (χ3v) is 1.41. The molecule has 1 aliphatic heterocycles. The zero-order chi connectivity index (χ0) is 6.85. The Morgan fingerprint density at radius 2 is 2.33 bits per heavy atom. The molecule has 2 nitrogen and oxygen atoms in total. The molecule has 1 heterocycles. The van der Waals surface area contributed by atoms with E-state index in [1.807, 2.05) is 0 Å². The maximum Gasteiger partial charge on any atom is 0.118 e. The Kier molecular flexibility index (Phi) is 1.83. The van der Waals surface area contributed by atoms with E-state index < -0.39 is 6.04 Å². The van der Waals surface area contributed by atoms with Gasteiger partial charge in [0.25, 0.3) is 0 Å². The second kappa shape index (κ2) is 2.45. The Morgan fingerprint density at radius 3 is 2.44 bits per heavy atom. The zero-order valence-electron chi connectivity index (χ0n) is 5.45. The van der Waals surface area contributed by atoms with Gasteiger partial charge in [-0.2, -0.15) is 0 Å². The number of nitrogens with one attached hydrogen (secondary N) is 1. The summed E-state index contributed by atoms with van der Waals surface area (Å²) in [4.78, 5) is 0. The normalized spacial score (nSPS) is 21.0. The van der Waals surface area contributed by atoms with Gasteiger partial charge in [-0.25, -0.2) is 4.39 Å². The van der Waals surface area contributed by atoms with Crippen molar-refractivity contribution in [2.24, 2.45) is 5.73 Å². The third kappa shape index (κ3) is 1.28. The molecule has 0 aromatic heterocycles. The molecule has 1 rings (SSSR count). The molecule has 0 aromatic carbocycles. The molecule has 9 heavy (non-hydrogen) atoms. The molecular formula is C6H11FN2. The maximum atomic E-state index is 12.7. The molecule has 1 fully saturated rings. The third-order valence-electron chi connectivity index (χ3n) is 1.41. The van der Waals surface area contributed by atoms with Gasteiger partial charge in [0.15, 0.2) is 0 Å². The summed E-state index contributed by atoms with van der Waals surface area (Å²) < 4.78 is 12.7. The summed E-state index contributed by atoms with van der Waals surface area (Å²) in [5.41, 5.74) is 6.11. The van der Waals surface area contributed by atoms with Crippen LogP contribution in [0.25, 0.3) is 0 Å². The van der Waals surface area contributed by atoms with E-state index in [0.717, 1.165) is 5.57 Å². The molecule has 0 saturated carbocycles. The average molecular weight is 130 g/mol. The van der Waals surface area contributed by atoms with Crippen molar-refractivity contribution in [3.8, 4) is 0 Å².